The number of aryl methyl sites for hydroxylation is 2. The van der Waals surface area contributed by atoms with Gasteiger partial charge in [0.05, 0.1) is 0 Å². The van der Waals surface area contributed by atoms with Crippen molar-refractivity contribution in [1.29, 1.82) is 0 Å². The van der Waals surface area contributed by atoms with Crippen LogP contribution in [0.2, 0.25) is 0 Å². The zero-order valence-corrected chi connectivity index (χ0v) is 12.9. The van der Waals surface area contributed by atoms with Crippen molar-refractivity contribution in [1.82, 2.24) is 0 Å². The molecule has 0 aliphatic rings. The number of carbonyl (C=O) groups excluding carboxylic acids is 1. The lowest BCUT2D eigenvalue weighted by Gasteiger charge is -2.04. The molecule has 1 rings (SSSR count). The molecule has 110 valence electrons. The van der Waals surface area contributed by atoms with Crippen molar-refractivity contribution in [3.8, 4) is 0 Å². The van der Waals surface area contributed by atoms with Gasteiger partial charge in [0.1, 0.15) is 6.29 Å². The molecule has 1 nitrogen and oxygen atoms in total. The van der Waals surface area contributed by atoms with Crippen LogP contribution in [-0.2, 0) is 17.6 Å². The molecule has 0 spiro atoms. The summed E-state index contributed by atoms with van der Waals surface area (Å²) in [4.78, 5) is 10.5. The van der Waals surface area contributed by atoms with Crippen molar-refractivity contribution in [2.75, 3.05) is 0 Å². The monoisotopic (exact) mass is 272 g/mol. The van der Waals surface area contributed by atoms with Crippen molar-refractivity contribution in [2.45, 2.75) is 64.7 Å². The molecule has 0 unspecified atom stereocenters. The number of hydrogen-bond acceptors (Lipinski definition) is 1. The van der Waals surface area contributed by atoms with E-state index in [1.165, 1.54) is 56.1 Å². The molecule has 0 fully saturated rings. The third kappa shape index (κ3) is 7.28. The van der Waals surface area contributed by atoms with Gasteiger partial charge in [-0.05, 0) is 42.4 Å². The van der Waals surface area contributed by atoms with Gasteiger partial charge in [-0.15, -0.1) is 0 Å². The van der Waals surface area contributed by atoms with E-state index >= 15 is 0 Å². The second kappa shape index (κ2) is 10.4. The molecule has 0 aromatic heterocycles. The number of aldehydes is 1. The Morgan fingerprint density at radius 2 is 1.50 bits per heavy atom. The fraction of sp³-hybridized carbons (Fsp3) is 0.526. The third-order valence-corrected chi connectivity index (χ3v) is 3.74. The van der Waals surface area contributed by atoms with E-state index in [1.807, 2.05) is 0 Å². The maximum absolute atomic E-state index is 10.5. The molecule has 20 heavy (non-hydrogen) atoms. The Labute approximate surface area is 124 Å². The maximum Gasteiger partial charge on any atom is 0.145 e. The van der Waals surface area contributed by atoms with Crippen molar-refractivity contribution >= 4 is 6.29 Å². The van der Waals surface area contributed by atoms with Gasteiger partial charge in [0.2, 0.25) is 0 Å². The van der Waals surface area contributed by atoms with Gasteiger partial charge in [0, 0.05) is 0 Å². The van der Waals surface area contributed by atoms with Gasteiger partial charge in [-0.3, -0.25) is 4.79 Å². The number of carbonyl (C=O) groups is 1. The molecule has 0 radical (unpaired) electrons. The molecule has 0 heterocycles. The fourth-order valence-electron chi connectivity index (χ4n) is 2.35. The van der Waals surface area contributed by atoms with Crippen molar-refractivity contribution < 1.29 is 4.79 Å². The zero-order valence-electron chi connectivity index (χ0n) is 12.9. The molecule has 0 atom stereocenters. The first kappa shape index (κ1) is 16.7. The minimum Gasteiger partial charge on any atom is -0.298 e. The molecule has 0 saturated heterocycles. The van der Waals surface area contributed by atoms with Crippen LogP contribution in [-0.4, -0.2) is 6.29 Å². The largest absolute Gasteiger partial charge is 0.298 e. The Morgan fingerprint density at radius 1 is 0.950 bits per heavy atom. The summed E-state index contributed by atoms with van der Waals surface area (Å²) in [7, 11) is 0. The Hall–Kier alpha value is -1.37. The molecule has 0 bridgehead atoms. The van der Waals surface area contributed by atoms with E-state index in [9.17, 15) is 4.79 Å². The summed E-state index contributed by atoms with van der Waals surface area (Å²) < 4.78 is 0. The summed E-state index contributed by atoms with van der Waals surface area (Å²) in [5.41, 5.74) is 3.40. The molecule has 1 aromatic rings. The van der Waals surface area contributed by atoms with E-state index in [0.717, 1.165) is 19.1 Å². The van der Waals surface area contributed by atoms with Crippen LogP contribution in [0, 0.1) is 0 Å². The van der Waals surface area contributed by atoms with E-state index in [1.54, 1.807) is 0 Å². The Kier molecular flexibility index (Phi) is 8.69. The summed E-state index contributed by atoms with van der Waals surface area (Å²) in [5.74, 6) is 0. The topological polar surface area (TPSA) is 17.1 Å². The highest BCUT2D eigenvalue weighted by Gasteiger charge is 1.98. The number of allylic oxidation sites excluding steroid dienone is 1. The van der Waals surface area contributed by atoms with Gasteiger partial charge in [0.25, 0.3) is 0 Å². The van der Waals surface area contributed by atoms with Crippen LogP contribution in [0.4, 0.5) is 0 Å². The molecule has 1 heteroatoms. The average molecular weight is 272 g/mol. The number of benzene rings is 1. The van der Waals surface area contributed by atoms with Gasteiger partial charge in [-0.25, -0.2) is 0 Å². The minimum atomic E-state index is 0.682. The molecular weight excluding hydrogens is 244 g/mol. The van der Waals surface area contributed by atoms with E-state index in [2.05, 4.69) is 37.8 Å². The maximum atomic E-state index is 10.5. The number of hydrogen-bond donors (Lipinski definition) is 0. The molecule has 0 aliphatic carbocycles. The Bertz CT molecular complexity index is 389. The summed E-state index contributed by atoms with van der Waals surface area (Å²) in [6.45, 7) is 5.96. The van der Waals surface area contributed by atoms with E-state index in [-0.39, 0.29) is 0 Å². The SMILES string of the molecule is C=C(C=O)CCc1ccc(CCCCCCCC)cc1. The molecular formula is C19H28O. The normalized spacial score (nSPS) is 10.4. The van der Waals surface area contributed by atoms with E-state index in [4.69, 9.17) is 0 Å². The fourth-order valence-corrected chi connectivity index (χ4v) is 2.35. The summed E-state index contributed by atoms with van der Waals surface area (Å²) in [6, 6.07) is 8.82. The van der Waals surface area contributed by atoms with Crippen molar-refractivity contribution in [3.63, 3.8) is 0 Å². The third-order valence-electron chi connectivity index (χ3n) is 3.74. The highest BCUT2D eigenvalue weighted by Crippen LogP contribution is 2.12. The van der Waals surface area contributed by atoms with E-state index in [0.29, 0.717) is 5.57 Å². The first-order valence-corrected chi connectivity index (χ1v) is 7.97. The van der Waals surface area contributed by atoms with Gasteiger partial charge < -0.3 is 0 Å². The first-order valence-electron chi connectivity index (χ1n) is 7.97. The number of rotatable bonds is 11. The van der Waals surface area contributed by atoms with Gasteiger partial charge in [0.15, 0.2) is 0 Å². The lowest BCUT2D eigenvalue weighted by Crippen LogP contribution is -1.91. The minimum absolute atomic E-state index is 0.682. The summed E-state index contributed by atoms with van der Waals surface area (Å²) >= 11 is 0. The average Bonchev–Trinajstić information content (AvgIpc) is 2.49. The first-order chi connectivity index (χ1) is 9.76. The molecule has 0 saturated carbocycles. The molecule has 0 N–H and O–H groups in total. The lowest BCUT2D eigenvalue weighted by molar-refractivity contribution is -0.105. The standard InChI is InChI=1S/C19H28O/c1-3-4-5-6-7-8-9-18-12-14-19(15-13-18)11-10-17(2)16-20/h12-16H,2-11H2,1H3. The molecule has 0 aliphatic heterocycles. The van der Waals surface area contributed by atoms with Crippen LogP contribution in [0.1, 0.15) is 63.0 Å². The van der Waals surface area contributed by atoms with Crippen molar-refractivity contribution in [3.05, 3.63) is 47.5 Å². The summed E-state index contributed by atoms with van der Waals surface area (Å²) in [5, 5.41) is 0. The van der Waals surface area contributed by atoms with E-state index < -0.39 is 0 Å². The molecule has 0 amide bonds. The van der Waals surface area contributed by atoms with Crippen LogP contribution in [0.3, 0.4) is 0 Å². The second-order valence-corrected chi connectivity index (χ2v) is 5.61. The highest BCUT2D eigenvalue weighted by molar-refractivity contribution is 5.71. The van der Waals surface area contributed by atoms with Gasteiger partial charge >= 0.3 is 0 Å². The van der Waals surface area contributed by atoms with Crippen LogP contribution in [0.5, 0.6) is 0 Å². The second-order valence-electron chi connectivity index (χ2n) is 5.61. The van der Waals surface area contributed by atoms with Crippen LogP contribution in [0.15, 0.2) is 36.4 Å². The van der Waals surface area contributed by atoms with Crippen LogP contribution < -0.4 is 0 Å². The Morgan fingerprint density at radius 3 is 2.10 bits per heavy atom. The van der Waals surface area contributed by atoms with Gasteiger partial charge in [-0.2, -0.15) is 0 Å². The zero-order chi connectivity index (χ0) is 14.6. The number of unbranched alkanes of at least 4 members (excludes halogenated alkanes) is 5. The van der Waals surface area contributed by atoms with Crippen LogP contribution in [0.25, 0.3) is 0 Å². The quantitative estimate of drug-likeness (QED) is 0.304. The summed E-state index contributed by atoms with van der Waals surface area (Å²) in [6.07, 6.45) is 11.8. The smallest absolute Gasteiger partial charge is 0.145 e. The lowest BCUT2D eigenvalue weighted by atomic mass is 10.0. The van der Waals surface area contributed by atoms with Crippen LogP contribution >= 0.6 is 0 Å². The van der Waals surface area contributed by atoms with Gasteiger partial charge in [-0.1, -0.05) is 69.9 Å². The molecule has 1 aromatic carbocycles. The Balaban J connectivity index is 2.21. The predicted molar refractivity (Wildman–Crippen MR) is 87.0 cm³/mol. The highest BCUT2D eigenvalue weighted by atomic mass is 16.1. The van der Waals surface area contributed by atoms with Crippen molar-refractivity contribution in [2.24, 2.45) is 0 Å². The predicted octanol–water partition coefficient (Wildman–Crippen LogP) is 5.28.